The third kappa shape index (κ3) is 3.67. The Morgan fingerprint density at radius 2 is 2.05 bits per heavy atom. The number of rotatable bonds is 6. The van der Waals surface area contributed by atoms with Crippen LogP contribution in [-0.2, 0) is 11.2 Å². The third-order valence-electron chi connectivity index (χ3n) is 3.49. The molecule has 2 aromatic rings. The van der Waals surface area contributed by atoms with Crippen LogP contribution in [0.1, 0.15) is 12.5 Å². The lowest BCUT2D eigenvalue weighted by molar-refractivity contribution is -0.118. The molecule has 1 aromatic heterocycles. The van der Waals surface area contributed by atoms with E-state index in [1.165, 1.54) is 0 Å². The van der Waals surface area contributed by atoms with Crippen LogP contribution in [-0.4, -0.2) is 31.0 Å². The number of pyridine rings is 1. The summed E-state index contributed by atoms with van der Waals surface area (Å²) in [6.07, 6.45) is 2.46. The number of hydrogen-bond acceptors (Lipinski definition) is 4. The van der Waals surface area contributed by atoms with Crippen LogP contribution in [0.2, 0.25) is 0 Å². The zero-order valence-corrected chi connectivity index (χ0v) is 12.6. The van der Waals surface area contributed by atoms with Crippen LogP contribution in [0, 0.1) is 0 Å². The van der Waals surface area contributed by atoms with Crippen LogP contribution in [0.5, 0.6) is 5.75 Å². The van der Waals surface area contributed by atoms with E-state index in [9.17, 15) is 4.79 Å². The maximum absolute atomic E-state index is 11.5. The summed E-state index contributed by atoms with van der Waals surface area (Å²) in [7, 11) is 3.44. The van der Waals surface area contributed by atoms with Gasteiger partial charge in [-0.1, -0.05) is 18.2 Å². The topological polar surface area (TPSA) is 51.2 Å². The fourth-order valence-corrected chi connectivity index (χ4v) is 2.25. The molecule has 0 saturated carbocycles. The smallest absolute Gasteiger partial charge is 0.147 e. The van der Waals surface area contributed by atoms with E-state index in [1.807, 2.05) is 42.6 Å². The lowest BCUT2D eigenvalue weighted by atomic mass is 10.0. The minimum Gasteiger partial charge on any atom is -0.496 e. The standard InChI is InChI=1S/C17H20N2O2/c1-12(20)16(18-2)10-13-8-9-15(19-11-13)14-6-4-5-7-17(14)21-3/h4-9,11,16,18H,10H2,1-3H3/t16-/m0/s1. The largest absolute Gasteiger partial charge is 0.496 e. The molecule has 1 atom stereocenters. The summed E-state index contributed by atoms with van der Waals surface area (Å²) in [5.41, 5.74) is 2.85. The van der Waals surface area contributed by atoms with Crippen molar-refractivity contribution in [2.24, 2.45) is 0 Å². The van der Waals surface area contributed by atoms with Crippen molar-refractivity contribution in [2.45, 2.75) is 19.4 Å². The Morgan fingerprint density at radius 1 is 1.29 bits per heavy atom. The van der Waals surface area contributed by atoms with Crippen molar-refractivity contribution in [3.63, 3.8) is 0 Å². The predicted octanol–water partition coefficient (Wildman–Crippen LogP) is 2.48. The van der Waals surface area contributed by atoms with Crippen LogP contribution in [0.4, 0.5) is 0 Å². The molecule has 0 fully saturated rings. The van der Waals surface area contributed by atoms with Crippen molar-refractivity contribution >= 4 is 5.78 Å². The highest BCUT2D eigenvalue weighted by molar-refractivity contribution is 5.81. The molecule has 0 unspecified atom stereocenters. The zero-order valence-electron chi connectivity index (χ0n) is 12.6. The molecule has 4 heteroatoms. The van der Waals surface area contributed by atoms with Gasteiger partial charge in [0.2, 0.25) is 0 Å². The first-order valence-electron chi connectivity index (χ1n) is 6.91. The minimum absolute atomic E-state index is 0.131. The Labute approximate surface area is 125 Å². The molecule has 1 heterocycles. The minimum atomic E-state index is -0.163. The number of benzene rings is 1. The monoisotopic (exact) mass is 284 g/mol. The molecule has 1 N–H and O–H groups in total. The average Bonchev–Trinajstić information content (AvgIpc) is 2.52. The van der Waals surface area contributed by atoms with Gasteiger partial charge in [-0.25, -0.2) is 0 Å². The van der Waals surface area contributed by atoms with Crippen molar-refractivity contribution in [3.05, 3.63) is 48.2 Å². The molecule has 4 nitrogen and oxygen atoms in total. The second kappa shape index (κ2) is 6.99. The van der Waals surface area contributed by atoms with E-state index in [0.29, 0.717) is 6.42 Å². The number of Topliss-reactive ketones (excluding diaryl/α,β-unsaturated/α-hetero) is 1. The number of ketones is 1. The third-order valence-corrected chi connectivity index (χ3v) is 3.49. The molecule has 21 heavy (non-hydrogen) atoms. The van der Waals surface area contributed by atoms with Crippen LogP contribution in [0.25, 0.3) is 11.3 Å². The Hall–Kier alpha value is -2.20. The Balaban J connectivity index is 2.21. The highest BCUT2D eigenvalue weighted by atomic mass is 16.5. The molecular formula is C17H20N2O2. The van der Waals surface area contributed by atoms with Gasteiger partial charge in [-0.3, -0.25) is 9.78 Å². The second-order valence-electron chi connectivity index (χ2n) is 4.91. The molecule has 0 aliphatic rings. The van der Waals surface area contributed by atoms with Gasteiger partial charge >= 0.3 is 0 Å². The van der Waals surface area contributed by atoms with Crippen LogP contribution >= 0.6 is 0 Å². The van der Waals surface area contributed by atoms with E-state index < -0.39 is 0 Å². The van der Waals surface area contributed by atoms with E-state index in [4.69, 9.17) is 4.74 Å². The normalized spacial score (nSPS) is 12.0. The summed E-state index contributed by atoms with van der Waals surface area (Å²) in [4.78, 5) is 15.9. The molecule has 1 aromatic carbocycles. The summed E-state index contributed by atoms with van der Waals surface area (Å²) in [6.45, 7) is 1.60. The highest BCUT2D eigenvalue weighted by Crippen LogP contribution is 2.27. The van der Waals surface area contributed by atoms with E-state index in [1.54, 1.807) is 21.1 Å². The van der Waals surface area contributed by atoms with Crippen LogP contribution in [0.3, 0.4) is 0 Å². The summed E-state index contributed by atoms with van der Waals surface area (Å²) < 4.78 is 5.35. The first-order valence-corrected chi connectivity index (χ1v) is 6.91. The summed E-state index contributed by atoms with van der Waals surface area (Å²) in [6, 6.07) is 11.6. The van der Waals surface area contributed by atoms with Gasteiger partial charge in [-0.05, 0) is 44.2 Å². The summed E-state index contributed by atoms with van der Waals surface area (Å²) in [5, 5.41) is 3.02. The lowest BCUT2D eigenvalue weighted by Gasteiger charge is -2.13. The van der Waals surface area contributed by atoms with E-state index in [-0.39, 0.29) is 11.8 Å². The van der Waals surface area contributed by atoms with Gasteiger partial charge in [0.05, 0.1) is 18.8 Å². The number of methoxy groups -OCH3 is 1. The molecule has 0 aliphatic carbocycles. The van der Waals surface area contributed by atoms with Gasteiger partial charge in [0.1, 0.15) is 11.5 Å². The first-order chi connectivity index (χ1) is 10.2. The summed E-state index contributed by atoms with van der Waals surface area (Å²) >= 11 is 0. The number of nitrogens with zero attached hydrogens (tertiary/aromatic N) is 1. The molecule has 0 aliphatic heterocycles. The number of carbonyl (C=O) groups excluding carboxylic acids is 1. The molecule has 0 radical (unpaired) electrons. The van der Waals surface area contributed by atoms with Gasteiger partial charge in [0.25, 0.3) is 0 Å². The summed E-state index contributed by atoms with van der Waals surface area (Å²) in [5.74, 6) is 0.931. The van der Waals surface area contributed by atoms with Crippen molar-refractivity contribution < 1.29 is 9.53 Å². The van der Waals surface area contributed by atoms with Crippen molar-refractivity contribution in [3.8, 4) is 17.0 Å². The van der Waals surface area contributed by atoms with Crippen LogP contribution < -0.4 is 10.1 Å². The van der Waals surface area contributed by atoms with Gasteiger partial charge < -0.3 is 10.1 Å². The predicted molar refractivity (Wildman–Crippen MR) is 83.5 cm³/mol. The number of likely N-dealkylation sites (N-methyl/N-ethyl adjacent to an activating group) is 1. The van der Waals surface area contributed by atoms with Crippen molar-refractivity contribution in [1.82, 2.24) is 10.3 Å². The van der Waals surface area contributed by atoms with Crippen LogP contribution in [0.15, 0.2) is 42.6 Å². The Morgan fingerprint density at radius 3 is 2.62 bits per heavy atom. The molecular weight excluding hydrogens is 264 g/mol. The molecule has 2 rings (SSSR count). The Bertz CT molecular complexity index is 608. The van der Waals surface area contributed by atoms with Gasteiger partial charge in [0, 0.05) is 11.8 Å². The SMILES string of the molecule is CN[C@@H](Cc1ccc(-c2ccccc2OC)nc1)C(C)=O. The molecule has 0 spiro atoms. The number of nitrogens with one attached hydrogen (secondary N) is 1. The molecule has 110 valence electrons. The first kappa shape index (κ1) is 15.2. The van der Waals surface area contributed by atoms with Crippen molar-refractivity contribution in [2.75, 3.05) is 14.2 Å². The second-order valence-corrected chi connectivity index (χ2v) is 4.91. The number of aromatic nitrogens is 1. The molecule has 0 saturated heterocycles. The number of carbonyl (C=O) groups is 1. The number of para-hydroxylation sites is 1. The molecule has 0 amide bonds. The van der Waals surface area contributed by atoms with E-state index in [0.717, 1.165) is 22.6 Å². The quantitative estimate of drug-likeness (QED) is 0.885. The molecule has 0 bridgehead atoms. The zero-order chi connectivity index (χ0) is 15.2. The highest BCUT2D eigenvalue weighted by Gasteiger charge is 2.13. The van der Waals surface area contributed by atoms with Gasteiger partial charge in [-0.2, -0.15) is 0 Å². The van der Waals surface area contributed by atoms with Gasteiger partial charge in [-0.15, -0.1) is 0 Å². The van der Waals surface area contributed by atoms with Gasteiger partial charge in [0.15, 0.2) is 0 Å². The fraction of sp³-hybridized carbons (Fsp3) is 0.294. The van der Waals surface area contributed by atoms with Crippen molar-refractivity contribution in [1.29, 1.82) is 0 Å². The fourth-order valence-electron chi connectivity index (χ4n) is 2.25. The Kier molecular flexibility index (Phi) is 5.06. The van der Waals surface area contributed by atoms with E-state index in [2.05, 4.69) is 10.3 Å². The number of hydrogen-bond donors (Lipinski definition) is 1. The maximum Gasteiger partial charge on any atom is 0.147 e. The average molecular weight is 284 g/mol. The van der Waals surface area contributed by atoms with E-state index >= 15 is 0 Å². The maximum atomic E-state index is 11.5. The lowest BCUT2D eigenvalue weighted by Crippen LogP contribution is -2.34. The number of ether oxygens (including phenoxy) is 1.